The van der Waals surface area contributed by atoms with Gasteiger partial charge in [-0.2, -0.15) is 4.98 Å². The number of pyridine rings is 1. The minimum absolute atomic E-state index is 0.231. The number of H-pyrrole nitrogens is 1. The van der Waals surface area contributed by atoms with Crippen molar-refractivity contribution in [3.05, 3.63) is 70.0 Å². The summed E-state index contributed by atoms with van der Waals surface area (Å²) in [5, 5.41) is 4.91. The van der Waals surface area contributed by atoms with E-state index in [9.17, 15) is 4.79 Å². The highest BCUT2D eigenvalue weighted by molar-refractivity contribution is 5.83. The SMILES string of the molecule is Cc1ccc2cc(-c3noc(-c4ccccc4C)n3)c(=O)[nH]c2c1. The van der Waals surface area contributed by atoms with Crippen LogP contribution in [0.1, 0.15) is 11.1 Å². The lowest BCUT2D eigenvalue weighted by Gasteiger charge is -2.01. The molecule has 118 valence electrons. The van der Waals surface area contributed by atoms with Crippen molar-refractivity contribution in [2.75, 3.05) is 0 Å². The van der Waals surface area contributed by atoms with Gasteiger partial charge in [0.25, 0.3) is 11.4 Å². The Hall–Kier alpha value is -3.21. The van der Waals surface area contributed by atoms with Crippen LogP contribution in [0.4, 0.5) is 0 Å². The van der Waals surface area contributed by atoms with Gasteiger partial charge in [0, 0.05) is 11.1 Å². The molecule has 4 aromatic rings. The first-order valence-corrected chi connectivity index (χ1v) is 7.65. The predicted octanol–water partition coefficient (Wildman–Crippen LogP) is 3.86. The maximum atomic E-state index is 12.4. The van der Waals surface area contributed by atoms with Gasteiger partial charge in [0.15, 0.2) is 0 Å². The molecule has 5 heteroatoms. The molecule has 5 nitrogen and oxygen atoms in total. The Bertz CT molecular complexity index is 1110. The van der Waals surface area contributed by atoms with E-state index in [0.29, 0.717) is 11.5 Å². The molecule has 0 aliphatic carbocycles. The van der Waals surface area contributed by atoms with E-state index in [2.05, 4.69) is 15.1 Å². The van der Waals surface area contributed by atoms with Gasteiger partial charge < -0.3 is 9.51 Å². The maximum absolute atomic E-state index is 12.4. The lowest BCUT2D eigenvalue weighted by atomic mass is 10.1. The van der Waals surface area contributed by atoms with Crippen LogP contribution in [0, 0.1) is 13.8 Å². The van der Waals surface area contributed by atoms with Crippen molar-refractivity contribution in [3.8, 4) is 22.8 Å². The van der Waals surface area contributed by atoms with Crippen molar-refractivity contribution in [2.24, 2.45) is 0 Å². The van der Waals surface area contributed by atoms with Crippen LogP contribution >= 0.6 is 0 Å². The zero-order valence-corrected chi connectivity index (χ0v) is 13.3. The summed E-state index contributed by atoms with van der Waals surface area (Å²) in [7, 11) is 0. The van der Waals surface area contributed by atoms with Crippen LogP contribution < -0.4 is 5.56 Å². The number of benzene rings is 2. The summed E-state index contributed by atoms with van der Waals surface area (Å²) in [6, 6.07) is 15.5. The van der Waals surface area contributed by atoms with Crippen LogP contribution in [0.15, 0.2) is 57.8 Å². The Morgan fingerprint density at radius 2 is 1.83 bits per heavy atom. The summed E-state index contributed by atoms with van der Waals surface area (Å²) in [6.45, 7) is 3.96. The summed E-state index contributed by atoms with van der Waals surface area (Å²) in [4.78, 5) is 19.7. The molecule has 0 atom stereocenters. The monoisotopic (exact) mass is 317 g/mol. The molecule has 0 amide bonds. The second-order valence-corrected chi connectivity index (χ2v) is 5.84. The van der Waals surface area contributed by atoms with Crippen LogP contribution in [0.25, 0.3) is 33.7 Å². The van der Waals surface area contributed by atoms with Crippen molar-refractivity contribution in [1.29, 1.82) is 0 Å². The van der Waals surface area contributed by atoms with E-state index in [4.69, 9.17) is 4.52 Å². The fraction of sp³-hybridized carbons (Fsp3) is 0.105. The quantitative estimate of drug-likeness (QED) is 0.609. The lowest BCUT2D eigenvalue weighted by Crippen LogP contribution is -2.09. The fourth-order valence-electron chi connectivity index (χ4n) is 2.74. The van der Waals surface area contributed by atoms with Gasteiger partial charge in [-0.1, -0.05) is 35.5 Å². The van der Waals surface area contributed by atoms with Crippen LogP contribution in [0.2, 0.25) is 0 Å². The Balaban J connectivity index is 1.84. The number of fused-ring (bicyclic) bond motifs is 1. The minimum atomic E-state index is -0.231. The topological polar surface area (TPSA) is 71.8 Å². The van der Waals surface area contributed by atoms with E-state index in [1.807, 2.05) is 56.3 Å². The molecule has 1 N–H and O–H groups in total. The van der Waals surface area contributed by atoms with Gasteiger partial charge in [-0.3, -0.25) is 4.79 Å². The first-order valence-electron chi connectivity index (χ1n) is 7.65. The fourth-order valence-corrected chi connectivity index (χ4v) is 2.74. The Labute approximate surface area is 138 Å². The third-order valence-corrected chi connectivity index (χ3v) is 4.04. The number of hydrogen-bond donors (Lipinski definition) is 1. The number of aryl methyl sites for hydroxylation is 2. The highest BCUT2D eigenvalue weighted by Gasteiger charge is 2.15. The molecule has 0 aliphatic rings. The smallest absolute Gasteiger partial charge is 0.259 e. The summed E-state index contributed by atoms with van der Waals surface area (Å²) in [6.07, 6.45) is 0. The molecule has 0 saturated carbocycles. The van der Waals surface area contributed by atoms with E-state index >= 15 is 0 Å². The number of aromatic nitrogens is 3. The zero-order valence-electron chi connectivity index (χ0n) is 13.3. The van der Waals surface area contributed by atoms with E-state index in [1.165, 1.54) is 0 Å². The summed E-state index contributed by atoms with van der Waals surface area (Å²) in [5.74, 6) is 0.698. The molecule has 4 rings (SSSR count). The summed E-state index contributed by atoms with van der Waals surface area (Å²) < 4.78 is 5.36. The normalized spacial score (nSPS) is 11.1. The third-order valence-electron chi connectivity index (χ3n) is 4.04. The van der Waals surface area contributed by atoms with Gasteiger partial charge in [0.2, 0.25) is 5.82 Å². The summed E-state index contributed by atoms with van der Waals surface area (Å²) in [5.41, 5.74) is 3.96. The molecule has 2 heterocycles. The highest BCUT2D eigenvalue weighted by Crippen LogP contribution is 2.24. The molecular weight excluding hydrogens is 302 g/mol. The van der Waals surface area contributed by atoms with Crippen molar-refractivity contribution in [3.63, 3.8) is 0 Å². The molecule has 0 spiro atoms. The maximum Gasteiger partial charge on any atom is 0.259 e. The van der Waals surface area contributed by atoms with E-state index in [0.717, 1.165) is 27.6 Å². The second-order valence-electron chi connectivity index (χ2n) is 5.84. The molecule has 0 saturated heterocycles. The number of nitrogens with zero attached hydrogens (tertiary/aromatic N) is 2. The Kier molecular flexibility index (Phi) is 3.27. The largest absolute Gasteiger partial charge is 0.334 e. The standard InChI is InChI=1S/C19H15N3O2/c1-11-7-8-13-10-15(18(23)20-16(13)9-11)17-21-19(24-22-17)14-6-4-3-5-12(14)2/h3-10H,1-2H3,(H,20,23). The molecule has 2 aromatic heterocycles. The number of nitrogens with one attached hydrogen (secondary N) is 1. The van der Waals surface area contributed by atoms with Crippen LogP contribution in [0.3, 0.4) is 0 Å². The van der Waals surface area contributed by atoms with E-state index < -0.39 is 0 Å². The average molecular weight is 317 g/mol. The van der Waals surface area contributed by atoms with E-state index in [1.54, 1.807) is 6.07 Å². The van der Waals surface area contributed by atoms with Crippen LogP contribution in [-0.2, 0) is 0 Å². The predicted molar refractivity (Wildman–Crippen MR) is 92.8 cm³/mol. The summed E-state index contributed by atoms with van der Waals surface area (Å²) >= 11 is 0. The zero-order chi connectivity index (χ0) is 16.7. The first kappa shape index (κ1) is 14.4. The number of hydrogen-bond acceptors (Lipinski definition) is 4. The first-order chi connectivity index (χ1) is 11.6. The highest BCUT2D eigenvalue weighted by atomic mass is 16.5. The van der Waals surface area contributed by atoms with Crippen molar-refractivity contribution in [1.82, 2.24) is 15.1 Å². The lowest BCUT2D eigenvalue weighted by molar-refractivity contribution is 0.432. The van der Waals surface area contributed by atoms with Crippen molar-refractivity contribution >= 4 is 10.9 Å². The van der Waals surface area contributed by atoms with Gasteiger partial charge in [0.1, 0.15) is 0 Å². The molecular formula is C19H15N3O2. The number of rotatable bonds is 2. The van der Waals surface area contributed by atoms with Gasteiger partial charge in [-0.05, 0) is 48.6 Å². The molecule has 0 aliphatic heterocycles. The Morgan fingerprint density at radius 3 is 2.67 bits per heavy atom. The second kappa shape index (κ2) is 5.45. The van der Waals surface area contributed by atoms with Crippen LogP contribution in [-0.4, -0.2) is 15.1 Å². The van der Waals surface area contributed by atoms with Crippen LogP contribution in [0.5, 0.6) is 0 Å². The average Bonchev–Trinajstić information content (AvgIpc) is 3.04. The minimum Gasteiger partial charge on any atom is -0.334 e. The van der Waals surface area contributed by atoms with Gasteiger partial charge in [-0.15, -0.1) is 0 Å². The van der Waals surface area contributed by atoms with E-state index in [-0.39, 0.29) is 11.4 Å². The molecule has 0 unspecified atom stereocenters. The number of aromatic amines is 1. The van der Waals surface area contributed by atoms with Crippen molar-refractivity contribution < 1.29 is 4.52 Å². The molecule has 0 bridgehead atoms. The third kappa shape index (κ3) is 2.40. The molecule has 0 radical (unpaired) electrons. The van der Waals surface area contributed by atoms with Gasteiger partial charge >= 0.3 is 0 Å². The van der Waals surface area contributed by atoms with Gasteiger partial charge in [0.05, 0.1) is 5.56 Å². The molecule has 24 heavy (non-hydrogen) atoms. The molecule has 0 fully saturated rings. The Morgan fingerprint density at radius 1 is 1.00 bits per heavy atom. The van der Waals surface area contributed by atoms with Crippen molar-refractivity contribution in [2.45, 2.75) is 13.8 Å². The molecule has 2 aromatic carbocycles. The van der Waals surface area contributed by atoms with Gasteiger partial charge in [-0.25, -0.2) is 0 Å².